The van der Waals surface area contributed by atoms with Crippen LogP contribution in [0, 0.1) is 5.92 Å². The lowest BCUT2D eigenvalue weighted by Gasteiger charge is -2.24. The maximum Gasteiger partial charge on any atom is 0.237 e. The van der Waals surface area contributed by atoms with Gasteiger partial charge < -0.3 is 15.2 Å². The van der Waals surface area contributed by atoms with Crippen LogP contribution in [-0.4, -0.2) is 27.5 Å². The summed E-state index contributed by atoms with van der Waals surface area (Å²) >= 11 is 0. The molecule has 1 aliphatic heterocycles. The minimum atomic E-state index is -0.00591. The monoisotopic (exact) mass is 338 g/mol. The average molecular weight is 338 g/mol. The molecule has 3 atom stereocenters. The fourth-order valence-electron chi connectivity index (χ4n) is 4.19. The van der Waals surface area contributed by atoms with E-state index in [1.54, 1.807) is 6.20 Å². The Hall–Kier alpha value is -2.14. The summed E-state index contributed by atoms with van der Waals surface area (Å²) in [5.74, 6) is 0.851. The zero-order valence-corrected chi connectivity index (χ0v) is 14.5. The molecule has 2 aliphatic rings. The maximum atomic E-state index is 12.5. The lowest BCUT2D eigenvalue weighted by atomic mass is 9.85. The number of carbonyl (C=O) groups excluding carboxylic acids is 1. The highest BCUT2D eigenvalue weighted by atomic mass is 16.2. The van der Waals surface area contributed by atoms with Crippen molar-refractivity contribution < 1.29 is 4.79 Å². The summed E-state index contributed by atoms with van der Waals surface area (Å²) in [4.78, 5) is 16.5. The Morgan fingerprint density at radius 3 is 2.76 bits per heavy atom. The van der Waals surface area contributed by atoms with E-state index in [1.165, 1.54) is 31.2 Å². The van der Waals surface area contributed by atoms with Crippen LogP contribution in [0.4, 0.5) is 0 Å². The summed E-state index contributed by atoms with van der Waals surface area (Å²) in [6, 6.07) is 8.97. The number of nitrogens with one attached hydrogen (secondary N) is 2. The molecule has 1 aromatic heterocycles. The van der Waals surface area contributed by atoms with E-state index in [1.807, 2.05) is 17.1 Å². The Labute approximate surface area is 148 Å². The number of imidazole rings is 1. The molecule has 0 spiro atoms. The van der Waals surface area contributed by atoms with Gasteiger partial charge in [-0.2, -0.15) is 0 Å². The summed E-state index contributed by atoms with van der Waals surface area (Å²) in [7, 11) is 0. The van der Waals surface area contributed by atoms with E-state index in [2.05, 4.69) is 39.9 Å². The minimum Gasteiger partial charge on any atom is -0.351 e. The predicted molar refractivity (Wildman–Crippen MR) is 96.9 cm³/mol. The predicted octanol–water partition coefficient (Wildman–Crippen LogP) is 2.47. The van der Waals surface area contributed by atoms with E-state index in [0.717, 1.165) is 18.5 Å². The van der Waals surface area contributed by atoms with Crippen LogP contribution in [0.15, 0.2) is 43.0 Å². The first-order valence-corrected chi connectivity index (χ1v) is 9.35. The Morgan fingerprint density at radius 2 is 2.00 bits per heavy atom. The lowest BCUT2D eigenvalue weighted by molar-refractivity contribution is -0.123. The second kappa shape index (κ2) is 7.40. The topological polar surface area (TPSA) is 59.0 Å². The molecule has 1 saturated heterocycles. The number of benzene rings is 1. The second-order valence-electron chi connectivity index (χ2n) is 7.38. The van der Waals surface area contributed by atoms with Crippen LogP contribution < -0.4 is 10.6 Å². The van der Waals surface area contributed by atoms with Gasteiger partial charge in [-0.1, -0.05) is 37.1 Å². The smallest absolute Gasteiger partial charge is 0.237 e. The van der Waals surface area contributed by atoms with Gasteiger partial charge in [0.2, 0.25) is 5.91 Å². The number of nitrogens with zero attached hydrogens (tertiary/aromatic N) is 2. The Bertz CT molecular complexity index is 681. The van der Waals surface area contributed by atoms with Crippen LogP contribution in [0.3, 0.4) is 0 Å². The van der Waals surface area contributed by atoms with Crippen molar-refractivity contribution in [3.8, 4) is 0 Å². The number of hydrogen-bond donors (Lipinski definition) is 2. The van der Waals surface area contributed by atoms with Gasteiger partial charge >= 0.3 is 0 Å². The van der Waals surface area contributed by atoms with E-state index < -0.39 is 0 Å². The molecule has 25 heavy (non-hydrogen) atoms. The van der Waals surface area contributed by atoms with Crippen molar-refractivity contribution in [2.45, 2.75) is 57.3 Å². The fraction of sp³-hybridized carbons (Fsp3) is 0.500. The Kier molecular flexibility index (Phi) is 4.83. The van der Waals surface area contributed by atoms with Crippen molar-refractivity contribution in [1.29, 1.82) is 0 Å². The highest BCUT2D eigenvalue weighted by molar-refractivity contribution is 5.82. The summed E-state index contributed by atoms with van der Waals surface area (Å²) in [6.07, 6.45) is 11.7. The number of fused-ring (bicyclic) bond motifs is 1. The Morgan fingerprint density at radius 1 is 1.20 bits per heavy atom. The molecular weight excluding hydrogens is 312 g/mol. The SMILES string of the molecule is O=C(NCc1ccc(Cn2ccnc2)cc1)C1CC2CCCCC2N1. The van der Waals surface area contributed by atoms with Crippen molar-refractivity contribution in [3.63, 3.8) is 0 Å². The first-order valence-electron chi connectivity index (χ1n) is 9.35. The van der Waals surface area contributed by atoms with E-state index in [0.29, 0.717) is 18.5 Å². The third-order valence-electron chi connectivity index (χ3n) is 5.59. The molecule has 2 N–H and O–H groups in total. The normalized spacial score (nSPS) is 25.5. The van der Waals surface area contributed by atoms with Gasteiger partial charge in [0.1, 0.15) is 0 Å². The minimum absolute atomic E-state index is 0.00591. The molecule has 1 saturated carbocycles. The van der Waals surface area contributed by atoms with Crippen LogP contribution >= 0.6 is 0 Å². The van der Waals surface area contributed by atoms with Gasteiger partial charge in [-0.05, 0) is 36.3 Å². The molecule has 2 heterocycles. The van der Waals surface area contributed by atoms with Crippen molar-refractivity contribution in [2.24, 2.45) is 5.92 Å². The number of amides is 1. The van der Waals surface area contributed by atoms with E-state index >= 15 is 0 Å². The van der Waals surface area contributed by atoms with Crippen LogP contribution in [-0.2, 0) is 17.9 Å². The van der Waals surface area contributed by atoms with Gasteiger partial charge in [0.25, 0.3) is 0 Å². The number of rotatable bonds is 5. The molecule has 1 amide bonds. The van der Waals surface area contributed by atoms with Gasteiger partial charge in [0.15, 0.2) is 0 Å². The first kappa shape index (κ1) is 16.3. The van der Waals surface area contributed by atoms with Crippen molar-refractivity contribution in [1.82, 2.24) is 20.2 Å². The first-order chi connectivity index (χ1) is 12.3. The highest BCUT2D eigenvalue weighted by Crippen LogP contribution is 2.33. The third-order valence-corrected chi connectivity index (χ3v) is 5.59. The third kappa shape index (κ3) is 3.93. The van der Waals surface area contributed by atoms with Crippen LogP contribution in [0.5, 0.6) is 0 Å². The Balaban J connectivity index is 1.27. The van der Waals surface area contributed by atoms with Gasteiger partial charge in [0.05, 0.1) is 12.4 Å². The zero-order valence-electron chi connectivity index (χ0n) is 14.5. The standard InChI is InChI=1S/C20H26N4O/c25-20(19-11-17-3-1-2-4-18(17)23-19)22-12-15-5-7-16(8-6-15)13-24-10-9-21-14-24/h5-10,14,17-19,23H,1-4,11-13H2,(H,22,25). The van der Waals surface area contributed by atoms with Crippen LogP contribution in [0.25, 0.3) is 0 Å². The molecule has 0 radical (unpaired) electrons. The molecule has 132 valence electrons. The summed E-state index contributed by atoms with van der Waals surface area (Å²) in [5.41, 5.74) is 2.37. The van der Waals surface area contributed by atoms with Gasteiger partial charge in [0, 0.05) is 31.5 Å². The number of aromatic nitrogens is 2. The fourth-order valence-corrected chi connectivity index (χ4v) is 4.19. The van der Waals surface area contributed by atoms with E-state index in [9.17, 15) is 4.79 Å². The molecule has 1 aromatic carbocycles. The van der Waals surface area contributed by atoms with Crippen LogP contribution in [0.2, 0.25) is 0 Å². The second-order valence-corrected chi connectivity index (χ2v) is 7.38. The molecular formula is C20H26N4O. The lowest BCUT2D eigenvalue weighted by Crippen LogP contribution is -2.42. The van der Waals surface area contributed by atoms with Crippen molar-refractivity contribution in [2.75, 3.05) is 0 Å². The van der Waals surface area contributed by atoms with Gasteiger partial charge in [-0.25, -0.2) is 4.98 Å². The zero-order chi connectivity index (χ0) is 17.1. The number of carbonyl (C=O) groups is 1. The molecule has 2 fully saturated rings. The summed E-state index contributed by atoms with van der Waals surface area (Å²) in [5, 5.41) is 6.64. The quantitative estimate of drug-likeness (QED) is 0.880. The van der Waals surface area contributed by atoms with E-state index in [4.69, 9.17) is 0 Å². The molecule has 4 rings (SSSR count). The van der Waals surface area contributed by atoms with Crippen LogP contribution in [0.1, 0.15) is 43.2 Å². The summed E-state index contributed by atoms with van der Waals surface area (Å²) < 4.78 is 2.04. The largest absolute Gasteiger partial charge is 0.351 e. The number of hydrogen-bond acceptors (Lipinski definition) is 3. The van der Waals surface area contributed by atoms with Gasteiger partial charge in [-0.15, -0.1) is 0 Å². The maximum absolute atomic E-state index is 12.5. The van der Waals surface area contributed by atoms with Crippen molar-refractivity contribution in [3.05, 3.63) is 54.1 Å². The highest BCUT2D eigenvalue weighted by Gasteiger charge is 2.37. The van der Waals surface area contributed by atoms with Gasteiger partial charge in [-0.3, -0.25) is 4.79 Å². The molecule has 1 aliphatic carbocycles. The van der Waals surface area contributed by atoms with E-state index in [-0.39, 0.29) is 11.9 Å². The molecule has 2 aromatic rings. The molecule has 0 bridgehead atoms. The molecule has 3 unspecified atom stereocenters. The average Bonchev–Trinajstić information content (AvgIpc) is 3.30. The van der Waals surface area contributed by atoms with Crippen molar-refractivity contribution >= 4 is 5.91 Å². The molecule has 5 heteroatoms. The summed E-state index contributed by atoms with van der Waals surface area (Å²) in [6.45, 7) is 1.42. The molecule has 5 nitrogen and oxygen atoms in total.